The minimum atomic E-state index is -0.268. The molecule has 0 radical (unpaired) electrons. The SMILES string of the molecule is Fc1cc(Br)c(Br)c(NCc2ccccc2)c1. The molecule has 1 N–H and O–H groups in total. The van der Waals surface area contributed by atoms with Gasteiger partial charge in [0.2, 0.25) is 0 Å². The first-order valence-electron chi connectivity index (χ1n) is 5.09. The minimum absolute atomic E-state index is 0.268. The molecule has 17 heavy (non-hydrogen) atoms. The molecule has 0 aromatic heterocycles. The summed E-state index contributed by atoms with van der Waals surface area (Å²) in [5.41, 5.74) is 1.89. The number of nitrogens with one attached hydrogen (secondary N) is 1. The molecule has 0 fully saturated rings. The predicted octanol–water partition coefficient (Wildman–Crippen LogP) is 4.96. The van der Waals surface area contributed by atoms with Crippen LogP contribution in [-0.4, -0.2) is 0 Å². The summed E-state index contributed by atoms with van der Waals surface area (Å²) >= 11 is 6.71. The van der Waals surface area contributed by atoms with E-state index in [0.717, 1.165) is 15.7 Å². The lowest BCUT2D eigenvalue weighted by Crippen LogP contribution is -2.00. The summed E-state index contributed by atoms with van der Waals surface area (Å²) in [4.78, 5) is 0. The van der Waals surface area contributed by atoms with Gasteiger partial charge in [-0.05, 0) is 49.6 Å². The van der Waals surface area contributed by atoms with Crippen LogP contribution in [0.4, 0.5) is 10.1 Å². The van der Waals surface area contributed by atoms with Crippen molar-refractivity contribution in [2.24, 2.45) is 0 Å². The van der Waals surface area contributed by atoms with Crippen LogP contribution in [0.15, 0.2) is 51.4 Å². The number of rotatable bonds is 3. The Bertz CT molecular complexity index is 514. The topological polar surface area (TPSA) is 12.0 Å². The van der Waals surface area contributed by atoms with Crippen molar-refractivity contribution in [2.75, 3.05) is 5.32 Å². The van der Waals surface area contributed by atoms with Gasteiger partial charge in [-0.2, -0.15) is 0 Å². The summed E-state index contributed by atoms with van der Waals surface area (Å²) in [5.74, 6) is -0.268. The van der Waals surface area contributed by atoms with E-state index in [4.69, 9.17) is 0 Å². The van der Waals surface area contributed by atoms with Gasteiger partial charge in [0.25, 0.3) is 0 Å². The molecule has 0 atom stereocenters. The highest BCUT2D eigenvalue weighted by Gasteiger charge is 2.06. The molecular weight excluding hydrogens is 349 g/mol. The van der Waals surface area contributed by atoms with E-state index >= 15 is 0 Å². The highest BCUT2D eigenvalue weighted by Crippen LogP contribution is 2.32. The molecule has 0 saturated heterocycles. The highest BCUT2D eigenvalue weighted by molar-refractivity contribution is 9.13. The Morgan fingerprint density at radius 2 is 1.76 bits per heavy atom. The van der Waals surface area contributed by atoms with Crippen LogP contribution in [-0.2, 0) is 6.54 Å². The second-order valence-corrected chi connectivity index (χ2v) is 5.24. The number of anilines is 1. The Morgan fingerprint density at radius 3 is 2.47 bits per heavy atom. The number of hydrogen-bond acceptors (Lipinski definition) is 1. The van der Waals surface area contributed by atoms with Gasteiger partial charge in [0, 0.05) is 11.0 Å². The molecule has 0 aliphatic rings. The Hall–Kier alpha value is -0.870. The molecule has 0 heterocycles. The quantitative estimate of drug-likeness (QED) is 0.764. The fourth-order valence-corrected chi connectivity index (χ4v) is 2.28. The van der Waals surface area contributed by atoms with Crippen molar-refractivity contribution in [3.05, 3.63) is 62.8 Å². The van der Waals surface area contributed by atoms with Crippen LogP contribution in [0.3, 0.4) is 0 Å². The fraction of sp³-hybridized carbons (Fsp3) is 0.0769. The Balaban J connectivity index is 2.14. The zero-order valence-corrected chi connectivity index (χ0v) is 12.1. The third-order valence-corrected chi connectivity index (χ3v) is 4.33. The summed E-state index contributed by atoms with van der Waals surface area (Å²) in [5, 5.41) is 3.19. The Kier molecular flexibility index (Phi) is 4.18. The van der Waals surface area contributed by atoms with Crippen LogP contribution in [0.5, 0.6) is 0 Å². The molecule has 0 bridgehead atoms. The van der Waals surface area contributed by atoms with Gasteiger partial charge >= 0.3 is 0 Å². The van der Waals surface area contributed by atoms with Crippen molar-refractivity contribution in [3.63, 3.8) is 0 Å². The highest BCUT2D eigenvalue weighted by atomic mass is 79.9. The molecule has 0 amide bonds. The van der Waals surface area contributed by atoms with Gasteiger partial charge in [0.05, 0.1) is 10.2 Å². The molecule has 0 aliphatic heterocycles. The van der Waals surface area contributed by atoms with Gasteiger partial charge in [-0.25, -0.2) is 4.39 Å². The molecular formula is C13H10Br2FN. The van der Waals surface area contributed by atoms with Crippen molar-refractivity contribution >= 4 is 37.5 Å². The molecule has 2 aromatic carbocycles. The zero-order valence-electron chi connectivity index (χ0n) is 8.88. The first kappa shape index (κ1) is 12.6. The third kappa shape index (κ3) is 3.30. The molecule has 1 nitrogen and oxygen atoms in total. The molecule has 88 valence electrons. The summed E-state index contributed by atoms with van der Waals surface area (Å²) in [6.07, 6.45) is 0. The summed E-state index contributed by atoms with van der Waals surface area (Å²) in [6, 6.07) is 12.9. The monoisotopic (exact) mass is 357 g/mol. The Labute approximate surface area is 116 Å². The summed E-state index contributed by atoms with van der Waals surface area (Å²) in [7, 11) is 0. The second kappa shape index (κ2) is 5.65. The van der Waals surface area contributed by atoms with E-state index in [9.17, 15) is 4.39 Å². The summed E-state index contributed by atoms with van der Waals surface area (Å²) in [6.45, 7) is 0.662. The van der Waals surface area contributed by atoms with Crippen LogP contribution in [0.1, 0.15) is 5.56 Å². The van der Waals surface area contributed by atoms with Crippen molar-refractivity contribution in [1.29, 1.82) is 0 Å². The van der Waals surface area contributed by atoms with E-state index in [1.807, 2.05) is 30.3 Å². The van der Waals surface area contributed by atoms with E-state index in [0.29, 0.717) is 11.0 Å². The Morgan fingerprint density at radius 1 is 1.06 bits per heavy atom. The van der Waals surface area contributed by atoms with E-state index in [1.165, 1.54) is 12.1 Å². The van der Waals surface area contributed by atoms with E-state index in [-0.39, 0.29) is 5.82 Å². The average molecular weight is 359 g/mol. The number of benzene rings is 2. The lowest BCUT2D eigenvalue weighted by molar-refractivity contribution is 0.627. The lowest BCUT2D eigenvalue weighted by atomic mass is 10.2. The van der Waals surface area contributed by atoms with E-state index in [1.54, 1.807) is 0 Å². The molecule has 0 unspecified atom stereocenters. The van der Waals surface area contributed by atoms with Gasteiger partial charge in [-0.3, -0.25) is 0 Å². The normalized spacial score (nSPS) is 10.3. The first-order valence-corrected chi connectivity index (χ1v) is 6.68. The van der Waals surface area contributed by atoms with Crippen LogP contribution in [0.2, 0.25) is 0 Å². The minimum Gasteiger partial charge on any atom is -0.380 e. The zero-order chi connectivity index (χ0) is 12.3. The first-order chi connectivity index (χ1) is 8.16. The second-order valence-electron chi connectivity index (χ2n) is 3.59. The van der Waals surface area contributed by atoms with Crippen LogP contribution >= 0.6 is 31.9 Å². The van der Waals surface area contributed by atoms with Crippen molar-refractivity contribution in [1.82, 2.24) is 0 Å². The van der Waals surface area contributed by atoms with Gasteiger partial charge in [0.1, 0.15) is 5.82 Å². The smallest absolute Gasteiger partial charge is 0.126 e. The molecule has 0 aliphatic carbocycles. The molecule has 0 saturated carbocycles. The maximum atomic E-state index is 13.2. The van der Waals surface area contributed by atoms with Crippen molar-refractivity contribution in [2.45, 2.75) is 6.54 Å². The maximum Gasteiger partial charge on any atom is 0.126 e. The van der Waals surface area contributed by atoms with Crippen LogP contribution in [0, 0.1) is 5.82 Å². The molecule has 0 spiro atoms. The largest absolute Gasteiger partial charge is 0.380 e. The van der Waals surface area contributed by atoms with Gasteiger partial charge in [-0.15, -0.1) is 0 Å². The van der Waals surface area contributed by atoms with Crippen LogP contribution < -0.4 is 5.32 Å². The maximum absolute atomic E-state index is 13.2. The van der Waals surface area contributed by atoms with E-state index in [2.05, 4.69) is 37.2 Å². The van der Waals surface area contributed by atoms with Gasteiger partial charge in [0.15, 0.2) is 0 Å². The molecule has 2 rings (SSSR count). The fourth-order valence-electron chi connectivity index (χ4n) is 1.48. The van der Waals surface area contributed by atoms with Crippen molar-refractivity contribution in [3.8, 4) is 0 Å². The molecule has 2 aromatic rings. The lowest BCUT2D eigenvalue weighted by Gasteiger charge is -2.10. The standard InChI is InChI=1S/C13H10Br2FN/c14-11-6-10(16)7-12(13(11)15)17-8-9-4-2-1-3-5-9/h1-7,17H,8H2. The van der Waals surface area contributed by atoms with Crippen LogP contribution in [0.25, 0.3) is 0 Å². The predicted molar refractivity (Wildman–Crippen MR) is 75.6 cm³/mol. The summed E-state index contributed by atoms with van der Waals surface area (Å²) < 4.78 is 14.8. The molecule has 4 heteroatoms. The van der Waals surface area contributed by atoms with Gasteiger partial charge in [-0.1, -0.05) is 30.3 Å². The van der Waals surface area contributed by atoms with Crippen molar-refractivity contribution < 1.29 is 4.39 Å². The van der Waals surface area contributed by atoms with Gasteiger partial charge < -0.3 is 5.32 Å². The number of hydrogen-bond donors (Lipinski definition) is 1. The third-order valence-electron chi connectivity index (χ3n) is 2.32. The average Bonchev–Trinajstić information content (AvgIpc) is 2.33. The van der Waals surface area contributed by atoms with E-state index < -0.39 is 0 Å². The number of halogens is 3.